The van der Waals surface area contributed by atoms with Gasteiger partial charge in [-0.25, -0.2) is 9.18 Å². The zero-order chi connectivity index (χ0) is 20.2. The summed E-state index contributed by atoms with van der Waals surface area (Å²) >= 11 is 0. The van der Waals surface area contributed by atoms with Crippen molar-refractivity contribution in [3.63, 3.8) is 0 Å². The molecule has 146 valence electrons. The summed E-state index contributed by atoms with van der Waals surface area (Å²) < 4.78 is 18.7. The topological polar surface area (TPSA) is 105 Å². The first-order valence-electron chi connectivity index (χ1n) is 8.40. The summed E-state index contributed by atoms with van der Waals surface area (Å²) in [6.45, 7) is 4.55. The number of halogens is 1. The number of anilines is 1. The van der Waals surface area contributed by atoms with Crippen LogP contribution < -0.4 is 15.5 Å². The third kappa shape index (κ3) is 5.77. The standard InChI is InChI=1S/C18H22FN3O5/c1-18(2,3)21-17(26)20-14(23)10-27-16(25)11-8-15(24)22(9-11)13-7-5-4-6-12(13)19/h4-7,11H,8-10H2,1-3H3,(H2,20,21,23,26)/t11-/m1/s1. The van der Waals surface area contributed by atoms with Crippen LogP contribution in [0.1, 0.15) is 27.2 Å². The molecule has 1 atom stereocenters. The molecule has 27 heavy (non-hydrogen) atoms. The van der Waals surface area contributed by atoms with Crippen LogP contribution in [0.4, 0.5) is 14.9 Å². The summed E-state index contributed by atoms with van der Waals surface area (Å²) in [7, 11) is 0. The summed E-state index contributed by atoms with van der Waals surface area (Å²) in [6, 6.07) is 5.05. The smallest absolute Gasteiger partial charge is 0.321 e. The average Bonchev–Trinajstić information content (AvgIpc) is 2.93. The Hall–Kier alpha value is -2.97. The number of benzene rings is 1. The minimum absolute atomic E-state index is 0.0370. The van der Waals surface area contributed by atoms with E-state index in [0.29, 0.717) is 0 Å². The highest BCUT2D eigenvalue weighted by Gasteiger charge is 2.37. The molecule has 1 saturated heterocycles. The molecule has 1 aliphatic rings. The van der Waals surface area contributed by atoms with Gasteiger partial charge >= 0.3 is 12.0 Å². The molecule has 0 spiro atoms. The van der Waals surface area contributed by atoms with Crippen LogP contribution in [0.25, 0.3) is 0 Å². The maximum Gasteiger partial charge on any atom is 0.321 e. The van der Waals surface area contributed by atoms with Crippen LogP contribution in [0.15, 0.2) is 24.3 Å². The van der Waals surface area contributed by atoms with Crippen LogP contribution in [0.2, 0.25) is 0 Å². The van der Waals surface area contributed by atoms with Crippen molar-refractivity contribution in [2.24, 2.45) is 5.92 Å². The van der Waals surface area contributed by atoms with Gasteiger partial charge < -0.3 is 15.0 Å². The molecule has 0 unspecified atom stereocenters. The predicted octanol–water partition coefficient (Wildman–Crippen LogP) is 1.35. The molecule has 0 radical (unpaired) electrons. The van der Waals surface area contributed by atoms with Gasteiger partial charge in [-0.05, 0) is 32.9 Å². The number of rotatable bonds is 4. The van der Waals surface area contributed by atoms with Gasteiger partial charge in [0.25, 0.3) is 5.91 Å². The first-order chi connectivity index (χ1) is 12.6. The van der Waals surface area contributed by atoms with Crippen molar-refractivity contribution in [3.05, 3.63) is 30.1 Å². The van der Waals surface area contributed by atoms with Crippen molar-refractivity contribution in [1.82, 2.24) is 10.6 Å². The van der Waals surface area contributed by atoms with Gasteiger partial charge in [-0.15, -0.1) is 0 Å². The molecule has 4 amide bonds. The van der Waals surface area contributed by atoms with Crippen LogP contribution in [0.5, 0.6) is 0 Å². The largest absolute Gasteiger partial charge is 0.455 e. The average molecular weight is 379 g/mol. The summed E-state index contributed by atoms with van der Waals surface area (Å²) in [5.41, 5.74) is -0.434. The van der Waals surface area contributed by atoms with Crippen molar-refractivity contribution in [3.8, 4) is 0 Å². The highest BCUT2D eigenvalue weighted by molar-refractivity contribution is 6.00. The SMILES string of the molecule is CC(C)(C)NC(=O)NC(=O)COC(=O)[C@@H]1CC(=O)N(c2ccccc2F)C1. The molecule has 2 rings (SSSR count). The molecule has 1 aromatic rings. The van der Waals surface area contributed by atoms with E-state index in [1.807, 2.05) is 5.32 Å². The van der Waals surface area contributed by atoms with Gasteiger partial charge in [-0.1, -0.05) is 12.1 Å². The molecule has 1 aliphatic heterocycles. The van der Waals surface area contributed by atoms with Crippen LogP contribution in [0, 0.1) is 11.7 Å². The van der Waals surface area contributed by atoms with Crippen LogP contribution >= 0.6 is 0 Å². The Morgan fingerprint density at radius 2 is 1.93 bits per heavy atom. The van der Waals surface area contributed by atoms with E-state index < -0.39 is 47.7 Å². The molecular formula is C18H22FN3O5. The fraction of sp³-hybridized carbons (Fsp3) is 0.444. The lowest BCUT2D eigenvalue weighted by Crippen LogP contribution is -2.49. The van der Waals surface area contributed by atoms with Crippen LogP contribution in [-0.2, 0) is 19.1 Å². The minimum Gasteiger partial charge on any atom is -0.455 e. The predicted molar refractivity (Wildman–Crippen MR) is 94.2 cm³/mol. The fourth-order valence-corrected chi connectivity index (χ4v) is 2.56. The lowest BCUT2D eigenvalue weighted by Gasteiger charge is -2.20. The fourth-order valence-electron chi connectivity index (χ4n) is 2.56. The number of carbonyl (C=O) groups excluding carboxylic acids is 4. The molecule has 0 bridgehead atoms. The Morgan fingerprint density at radius 3 is 2.56 bits per heavy atom. The summed E-state index contributed by atoms with van der Waals surface area (Å²) in [6.07, 6.45) is -0.140. The number of esters is 1. The highest BCUT2D eigenvalue weighted by Crippen LogP contribution is 2.27. The van der Waals surface area contributed by atoms with E-state index in [2.05, 4.69) is 5.32 Å². The third-order valence-corrected chi connectivity index (χ3v) is 3.69. The molecule has 0 aliphatic carbocycles. The van der Waals surface area contributed by atoms with Gasteiger partial charge in [0, 0.05) is 18.5 Å². The van der Waals surface area contributed by atoms with Crippen molar-refractivity contribution in [1.29, 1.82) is 0 Å². The number of hydrogen-bond acceptors (Lipinski definition) is 5. The molecule has 0 aromatic heterocycles. The van der Waals surface area contributed by atoms with E-state index in [1.165, 1.54) is 23.1 Å². The van der Waals surface area contributed by atoms with E-state index in [-0.39, 0.29) is 18.7 Å². The van der Waals surface area contributed by atoms with Gasteiger partial charge in [0.15, 0.2) is 6.61 Å². The first kappa shape index (κ1) is 20.3. The molecule has 9 heteroatoms. The molecular weight excluding hydrogens is 357 g/mol. The van der Waals surface area contributed by atoms with Crippen LogP contribution in [-0.4, -0.2) is 42.5 Å². The van der Waals surface area contributed by atoms with Crippen molar-refractivity contribution in [2.75, 3.05) is 18.1 Å². The Morgan fingerprint density at radius 1 is 1.26 bits per heavy atom. The van der Waals surface area contributed by atoms with E-state index in [1.54, 1.807) is 26.8 Å². The Bertz CT molecular complexity index is 760. The van der Waals surface area contributed by atoms with Gasteiger partial charge in [0.05, 0.1) is 11.6 Å². The number of nitrogens with one attached hydrogen (secondary N) is 2. The number of para-hydroxylation sites is 1. The Labute approximate surface area is 156 Å². The van der Waals surface area contributed by atoms with Crippen molar-refractivity contribution < 1.29 is 28.3 Å². The number of nitrogens with zero attached hydrogens (tertiary/aromatic N) is 1. The summed E-state index contributed by atoms with van der Waals surface area (Å²) in [5, 5.41) is 4.57. The maximum absolute atomic E-state index is 13.8. The molecule has 8 nitrogen and oxygen atoms in total. The number of ether oxygens (including phenoxy) is 1. The van der Waals surface area contributed by atoms with E-state index in [9.17, 15) is 23.6 Å². The second-order valence-electron chi connectivity index (χ2n) is 7.22. The van der Waals surface area contributed by atoms with Crippen molar-refractivity contribution in [2.45, 2.75) is 32.7 Å². The van der Waals surface area contributed by atoms with Gasteiger partial charge in [-0.2, -0.15) is 0 Å². The minimum atomic E-state index is -0.812. The van der Waals surface area contributed by atoms with Crippen LogP contribution in [0.3, 0.4) is 0 Å². The Kier molecular flexibility index (Phi) is 6.14. The normalized spacial score (nSPS) is 16.8. The van der Waals surface area contributed by atoms with E-state index >= 15 is 0 Å². The van der Waals surface area contributed by atoms with Gasteiger partial charge in [0.2, 0.25) is 5.91 Å². The second kappa shape index (κ2) is 8.15. The lowest BCUT2D eigenvalue weighted by molar-refractivity contribution is -0.152. The lowest BCUT2D eigenvalue weighted by atomic mass is 10.1. The zero-order valence-corrected chi connectivity index (χ0v) is 15.4. The molecule has 2 N–H and O–H groups in total. The quantitative estimate of drug-likeness (QED) is 0.769. The number of imide groups is 1. The highest BCUT2D eigenvalue weighted by atomic mass is 19.1. The van der Waals surface area contributed by atoms with Gasteiger partial charge in [0.1, 0.15) is 5.82 Å². The van der Waals surface area contributed by atoms with Crippen molar-refractivity contribution >= 4 is 29.5 Å². The van der Waals surface area contributed by atoms with Gasteiger partial charge in [-0.3, -0.25) is 19.7 Å². The molecule has 1 fully saturated rings. The number of hydrogen-bond donors (Lipinski definition) is 2. The third-order valence-electron chi connectivity index (χ3n) is 3.69. The molecule has 0 saturated carbocycles. The Balaban J connectivity index is 1.85. The number of amides is 4. The van der Waals surface area contributed by atoms with E-state index in [0.717, 1.165) is 0 Å². The number of carbonyl (C=O) groups is 4. The second-order valence-corrected chi connectivity index (χ2v) is 7.22. The molecule has 1 aromatic carbocycles. The summed E-state index contributed by atoms with van der Waals surface area (Å²) in [4.78, 5) is 48.6. The monoisotopic (exact) mass is 379 g/mol. The summed E-state index contributed by atoms with van der Waals surface area (Å²) in [5.74, 6) is -3.33. The maximum atomic E-state index is 13.8. The number of urea groups is 1. The molecule has 1 heterocycles. The van der Waals surface area contributed by atoms with E-state index in [4.69, 9.17) is 4.74 Å². The zero-order valence-electron chi connectivity index (χ0n) is 15.4. The first-order valence-corrected chi connectivity index (χ1v) is 8.40.